The van der Waals surface area contributed by atoms with E-state index in [1.165, 1.54) is 0 Å². The zero-order chi connectivity index (χ0) is 9.84. The molecule has 0 radical (unpaired) electrons. The molecular weight excluding hydrogens is 186 g/mol. The van der Waals surface area contributed by atoms with E-state index in [2.05, 4.69) is 19.2 Å². The van der Waals surface area contributed by atoms with Gasteiger partial charge in [-0.1, -0.05) is 0 Å². The van der Waals surface area contributed by atoms with E-state index in [1.54, 1.807) is 6.26 Å². The lowest BCUT2D eigenvalue weighted by Crippen LogP contribution is -2.42. The van der Waals surface area contributed by atoms with Crippen molar-refractivity contribution < 1.29 is 8.95 Å². The van der Waals surface area contributed by atoms with Gasteiger partial charge in [0, 0.05) is 41.5 Å². The molecule has 0 aliphatic carbocycles. The number of hydrogen-bond acceptors (Lipinski definition) is 3. The van der Waals surface area contributed by atoms with Crippen molar-refractivity contribution in [2.75, 3.05) is 18.6 Å². The van der Waals surface area contributed by atoms with Gasteiger partial charge in [0.2, 0.25) is 0 Å². The van der Waals surface area contributed by atoms with Gasteiger partial charge in [0.15, 0.2) is 0 Å². The Labute approximate surface area is 82.7 Å². The Morgan fingerprint density at radius 3 is 2.85 bits per heavy atom. The number of ether oxygens (including phenoxy) is 1. The highest BCUT2D eigenvalue weighted by Gasteiger charge is 2.25. The van der Waals surface area contributed by atoms with Gasteiger partial charge < -0.3 is 10.1 Å². The van der Waals surface area contributed by atoms with Crippen LogP contribution in [0.1, 0.15) is 20.3 Å². The van der Waals surface area contributed by atoms with Crippen LogP contribution >= 0.6 is 0 Å². The molecule has 0 bridgehead atoms. The topological polar surface area (TPSA) is 38.3 Å². The normalized spacial score (nSPS) is 33.2. The fraction of sp³-hybridized carbons (Fsp3) is 1.00. The first-order chi connectivity index (χ1) is 6.09. The van der Waals surface area contributed by atoms with E-state index < -0.39 is 10.8 Å². The summed E-state index contributed by atoms with van der Waals surface area (Å²) in [7, 11) is -0.710. The molecule has 4 heteroatoms. The summed E-state index contributed by atoms with van der Waals surface area (Å²) in [6.45, 7) is 5.01. The average Bonchev–Trinajstić information content (AvgIpc) is 2.34. The molecule has 1 aliphatic heterocycles. The number of hydrogen-bond donors (Lipinski definition) is 1. The number of rotatable bonds is 4. The van der Waals surface area contributed by atoms with Gasteiger partial charge in [0.25, 0.3) is 0 Å². The molecule has 4 atom stereocenters. The van der Waals surface area contributed by atoms with Crippen LogP contribution in [0.2, 0.25) is 0 Å². The summed E-state index contributed by atoms with van der Waals surface area (Å²) in [6.07, 6.45) is 3.11. The lowest BCUT2D eigenvalue weighted by Gasteiger charge is -2.20. The molecule has 0 spiro atoms. The lowest BCUT2D eigenvalue weighted by atomic mass is 10.1. The third-order valence-corrected chi connectivity index (χ3v) is 3.33. The van der Waals surface area contributed by atoms with Gasteiger partial charge in [-0.05, 0) is 20.3 Å². The van der Waals surface area contributed by atoms with Crippen molar-refractivity contribution in [1.29, 1.82) is 0 Å². The van der Waals surface area contributed by atoms with Crippen molar-refractivity contribution in [3.63, 3.8) is 0 Å². The third-order valence-electron chi connectivity index (χ3n) is 2.36. The van der Waals surface area contributed by atoms with Crippen molar-refractivity contribution in [1.82, 2.24) is 5.32 Å². The molecule has 1 heterocycles. The molecule has 1 saturated heterocycles. The predicted octanol–water partition coefficient (Wildman–Crippen LogP) is 0.520. The molecule has 0 aromatic heterocycles. The maximum Gasteiger partial charge on any atom is 0.0700 e. The quantitative estimate of drug-likeness (QED) is 0.727. The minimum Gasteiger partial charge on any atom is -0.377 e. The molecule has 3 nitrogen and oxygen atoms in total. The van der Waals surface area contributed by atoms with Crippen molar-refractivity contribution in [3.05, 3.63) is 0 Å². The second-order valence-electron chi connectivity index (χ2n) is 3.78. The maximum absolute atomic E-state index is 10.9. The van der Waals surface area contributed by atoms with Crippen LogP contribution in [0, 0.1) is 0 Å². The molecule has 1 rings (SSSR count). The highest BCUT2D eigenvalue weighted by atomic mass is 32.2. The van der Waals surface area contributed by atoms with E-state index in [9.17, 15) is 4.21 Å². The molecule has 0 aromatic carbocycles. The van der Waals surface area contributed by atoms with E-state index in [-0.39, 0.29) is 0 Å². The standard InChI is InChI=1S/C9H19NO2S/c1-7(6-13(3)11)10-9-4-5-12-8(9)2/h7-10H,4-6H2,1-3H3. The Morgan fingerprint density at radius 2 is 2.38 bits per heavy atom. The minimum atomic E-state index is -0.710. The van der Waals surface area contributed by atoms with Gasteiger partial charge in [-0.2, -0.15) is 0 Å². The van der Waals surface area contributed by atoms with Crippen LogP contribution in [-0.2, 0) is 15.5 Å². The molecule has 0 aromatic rings. The molecular formula is C9H19NO2S. The van der Waals surface area contributed by atoms with Crippen LogP contribution in [0.15, 0.2) is 0 Å². The molecule has 4 unspecified atom stereocenters. The molecule has 0 saturated carbocycles. The van der Waals surface area contributed by atoms with Crippen LogP contribution < -0.4 is 5.32 Å². The second kappa shape index (κ2) is 5.08. The first kappa shape index (κ1) is 11.1. The smallest absolute Gasteiger partial charge is 0.0700 e. The Kier molecular flexibility index (Phi) is 4.35. The van der Waals surface area contributed by atoms with Crippen LogP contribution in [0.4, 0.5) is 0 Å². The van der Waals surface area contributed by atoms with Crippen LogP contribution in [-0.4, -0.2) is 41.0 Å². The minimum absolute atomic E-state index is 0.299. The first-order valence-electron chi connectivity index (χ1n) is 4.77. The fourth-order valence-electron chi connectivity index (χ4n) is 1.72. The van der Waals surface area contributed by atoms with E-state index in [0.29, 0.717) is 18.2 Å². The van der Waals surface area contributed by atoms with E-state index in [0.717, 1.165) is 18.8 Å². The summed E-state index contributed by atoms with van der Waals surface area (Å²) in [4.78, 5) is 0. The van der Waals surface area contributed by atoms with Gasteiger partial charge in [0.1, 0.15) is 0 Å². The SMILES string of the molecule is CC(CS(C)=O)NC1CCOC1C. The zero-order valence-electron chi connectivity index (χ0n) is 8.58. The molecule has 13 heavy (non-hydrogen) atoms. The summed E-state index contributed by atoms with van der Waals surface area (Å²) in [5.74, 6) is 0.725. The van der Waals surface area contributed by atoms with Crippen LogP contribution in [0.5, 0.6) is 0 Å². The Balaban J connectivity index is 2.26. The van der Waals surface area contributed by atoms with Crippen molar-refractivity contribution in [2.24, 2.45) is 0 Å². The highest BCUT2D eigenvalue weighted by molar-refractivity contribution is 7.84. The van der Waals surface area contributed by atoms with Crippen molar-refractivity contribution >= 4 is 10.8 Å². The van der Waals surface area contributed by atoms with Crippen LogP contribution in [0.25, 0.3) is 0 Å². The third kappa shape index (κ3) is 3.75. The summed E-state index contributed by atoms with van der Waals surface area (Å²) < 4.78 is 16.4. The maximum atomic E-state index is 10.9. The zero-order valence-corrected chi connectivity index (χ0v) is 9.39. The molecule has 0 amide bonds. The second-order valence-corrected chi connectivity index (χ2v) is 5.26. The summed E-state index contributed by atoms with van der Waals surface area (Å²) in [5.41, 5.74) is 0. The van der Waals surface area contributed by atoms with Crippen molar-refractivity contribution in [2.45, 2.75) is 38.5 Å². The van der Waals surface area contributed by atoms with Crippen molar-refractivity contribution in [3.8, 4) is 0 Å². The summed E-state index contributed by atoms with van der Waals surface area (Å²) in [6, 6.07) is 0.763. The summed E-state index contributed by atoms with van der Waals surface area (Å²) in [5, 5.41) is 3.44. The summed E-state index contributed by atoms with van der Waals surface area (Å²) >= 11 is 0. The van der Waals surface area contributed by atoms with Gasteiger partial charge in [0.05, 0.1) is 6.10 Å². The van der Waals surface area contributed by atoms with Crippen LogP contribution in [0.3, 0.4) is 0 Å². The molecule has 1 aliphatic rings. The highest BCUT2D eigenvalue weighted by Crippen LogP contribution is 2.13. The van der Waals surface area contributed by atoms with E-state index in [4.69, 9.17) is 4.74 Å². The van der Waals surface area contributed by atoms with Gasteiger partial charge in [-0.15, -0.1) is 0 Å². The Morgan fingerprint density at radius 1 is 1.69 bits per heavy atom. The lowest BCUT2D eigenvalue weighted by molar-refractivity contribution is 0.112. The van der Waals surface area contributed by atoms with Gasteiger partial charge >= 0.3 is 0 Å². The Bertz CT molecular complexity index is 186. The Hall–Kier alpha value is 0.0700. The molecule has 78 valence electrons. The van der Waals surface area contributed by atoms with Gasteiger partial charge in [-0.3, -0.25) is 4.21 Å². The largest absolute Gasteiger partial charge is 0.377 e. The average molecular weight is 205 g/mol. The number of nitrogens with one attached hydrogen (secondary N) is 1. The van der Waals surface area contributed by atoms with Gasteiger partial charge in [-0.25, -0.2) is 0 Å². The monoisotopic (exact) mass is 205 g/mol. The fourth-order valence-corrected chi connectivity index (χ4v) is 2.52. The molecule has 1 fully saturated rings. The first-order valence-corrected chi connectivity index (χ1v) is 6.50. The van der Waals surface area contributed by atoms with E-state index in [1.807, 2.05) is 0 Å². The molecule has 1 N–H and O–H groups in total. The van der Waals surface area contributed by atoms with E-state index >= 15 is 0 Å². The predicted molar refractivity (Wildman–Crippen MR) is 55.4 cm³/mol.